The van der Waals surface area contributed by atoms with Gasteiger partial charge in [0.15, 0.2) is 0 Å². The molecule has 0 radical (unpaired) electrons. The van der Waals surface area contributed by atoms with E-state index in [2.05, 4.69) is 19.9 Å². The molecule has 0 atom stereocenters. The van der Waals surface area contributed by atoms with Gasteiger partial charge in [-0.05, 0) is 37.3 Å². The third-order valence-electron chi connectivity index (χ3n) is 2.79. The highest BCUT2D eigenvalue weighted by molar-refractivity contribution is 5.67. The summed E-state index contributed by atoms with van der Waals surface area (Å²) in [5.74, 6) is 0.751. The van der Waals surface area contributed by atoms with Crippen molar-refractivity contribution in [1.29, 1.82) is 0 Å². The average Bonchev–Trinajstić information content (AvgIpc) is 2.48. The zero-order valence-corrected chi connectivity index (χ0v) is 10.5. The molecular weight excluding hydrogens is 236 g/mol. The van der Waals surface area contributed by atoms with Gasteiger partial charge >= 0.3 is 0 Å². The number of pyridine rings is 2. The van der Waals surface area contributed by atoms with E-state index in [0.29, 0.717) is 0 Å². The standard InChI is InChI=1S/C15H12N4/c1-11-18-14(12-2-6-16-7-3-12)10-15(19-11)13-4-8-17-9-5-13/h2-10H,1H3. The van der Waals surface area contributed by atoms with Gasteiger partial charge in [-0.15, -0.1) is 0 Å². The van der Waals surface area contributed by atoms with Gasteiger partial charge in [0, 0.05) is 35.9 Å². The van der Waals surface area contributed by atoms with Crippen LogP contribution in [-0.2, 0) is 0 Å². The number of rotatable bonds is 2. The molecule has 0 aliphatic rings. The lowest BCUT2D eigenvalue weighted by Crippen LogP contribution is -1.94. The van der Waals surface area contributed by atoms with Gasteiger partial charge in [0.2, 0.25) is 0 Å². The number of aromatic nitrogens is 4. The molecule has 3 heterocycles. The highest BCUT2D eigenvalue weighted by atomic mass is 14.9. The maximum Gasteiger partial charge on any atom is 0.126 e. The summed E-state index contributed by atoms with van der Waals surface area (Å²) in [6.07, 6.45) is 7.05. The Bertz CT molecular complexity index is 623. The number of hydrogen-bond acceptors (Lipinski definition) is 4. The summed E-state index contributed by atoms with van der Waals surface area (Å²) in [5.41, 5.74) is 3.88. The molecule has 0 spiro atoms. The van der Waals surface area contributed by atoms with Crippen molar-refractivity contribution in [3.05, 3.63) is 60.9 Å². The lowest BCUT2D eigenvalue weighted by Gasteiger charge is -2.06. The van der Waals surface area contributed by atoms with E-state index in [-0.39, 0.29) is 0 Å². The lowest BCUT2D eigenvalue weighted by molar-refractivity contribution is 1.06. The maximum absolute atomic E-state index is 4.48. The predicted molar refractivity (Wildman–Crippen MR) is 73.2 cm³/mol. The summed E-state index contributed by atoms with van der Waals surface area (Å²) >= 11 is 0. The minimum atomic E-state index is 0.751. The van der Waals surface area contributed by atoms with E-state index < -0.39 is 0 Å². The normalized spacial score (nSPS) is 10.4. The molecule has 0 saturated carbocycles. The Morgan fingerprint density at radius 1 is 0.684 bits per heavy atom. The zero-order chi connectivity index (χ0) is 13.1. The van der Waals surface area contributed by atoms with E-state index >= 15 is 0 Å². The topological polar surface area (TPSA) is 51.6 Å². The van der Waals surface area contributed by atoms with Crippen molar-refractivity contribution in [2.75, 3.05) is 0 Å². The summed E-state index contributed by atoms with van der Waals surface area (Å²) < 4.78 is 0. The Morgan fingerprint density at radius 3 is 1.53 bits per heavy atom. The molecule has 0 fully saturated rings. The average molecular weight is 248 g/mol. The van der Waals surface area contributed by atoms with Crippen molar-refractivity contribution in [2.45, 2.75) is 6.92 Å². The molecule has 4 heteroatoms. The van der Waals surface area contributed by atoms with E-state index in [1.165, 1.54) is 0 Å². The molecule has 0 aliphatic carbocycles. The quantitative estimate of drug-likeness (QED) is 0.699. The highest BCUT2D eigenvalue weighted by Crippen LogP contribution is 2.22. The first-order valence-corrected chi connectivity index (χ1v) is 5.99. The van der Waals surface area contributed by atoms with Gasteiger partial charge in [-0.1, -0.05) is 0 Å². The summed E-state index contributed by atoms with van der Waals surface area (Å²) in [5, 5.41) is 0. The van der Waals surface area contributed by atoms with Crippen molar-refractivity contribution in [1.82, 2.24) is 19.9 Å². The monoisotopic (exact) mass is 248 g/mol. The molecule has 3 rings (SSSR count). The predicted octanol–water partition coefficient (Wildman–Crippen LogP) is 2.91. The molecule has 92 valence electrons. The van der Waals surface area contributed by atoms with Crippen molar-refractivity contribution in [2.24, 2.45) is 0 Å². The molecule has 0 aliphatic heterocycles. The molecular formula is C15H12N4. The Hall–Kier alpha value is -2.62. The first-order chi connectivity index (χ1) is 9.33. The molecule has 0 aromatic carbocycles. The second-order valence-corrected chi connectivity index (χ2v) is 4.16. The fourth-order valence-electron chi connectivity index (χ4n) is 1.91. The highest BCUT2D eigenvalue weighted by Gasteiger charge is 2.06. The minimum absolute atomic E-state index is 0.751. The van der Waals surface area contributed by atoms with Crippen molar-refractivity contribution in [3.63, 3.8) is 0 Å². The maximum atomic E-state index is 4.48. The molecule has 0 bridgehead atoms. The zero-order valence-electron chi connectivity index (χ0n) is 10.5. The molecule has 0 unspecified atom stereocenters. The Morgan fingerprint density at radius 2 is 1.11 bits per heavy atom. The Balaban J connectivity index is 2.12. The van der Waals surface area contributed by atoms with Crippen LogP contribution in [0.3, 0.4) is 0 Å². The number of hydrogen-bond donors (Lipinski definition) is 0. The fourth-order valence-corrected chi connectivity index (χ4v) is 1.91. The van der Waals surface area contributed by atoms with Crippen LogP contribution in [0.1, 0.15) is 5.82 Å². The molecule has 19 heavy (non-hydrogen) atoms. The fraction of sp³-hybridized carbons (Fsp3) is 0.0667. The van der Waals surface area contributed by atoms with Gasteiger partial charge < -0.3 is 0 Å². The van der Waals surface area contributed by atoms with Crippen molar-refractivity contribution in [3.8, 4) is 22.5 Å². The van der Waals surface area contributed by atoms with Crippen LogP contribution in [0, 0.1) is 6.92 Å². The third-order valence-corrected chi connectivity index (χ3v) is 2.79. The third kappa shape index (κ3) is 2.47. The van der Waals surface area contributed by atoms with Crippen LogP contribution in [0.2, 0.25) is 0 Å². The van der Waals surface area contributed by atoms with Gasteiger partial charge in [-0.25, -0.2) is 9.97 Å². The van der Waals surface area contributed by atoms with Crippen molar-refractivity contribution < 1.29 is 0 Å². The Kier molecular flexibility index (Phi) is 2.98. The Labute approximate surface area is 111 Å². The minimum Gasteiger partial charge on any atom is -0.265 e. The first-order valence-electron chi connectivity index (χ1n) is 5.99. The smallest absolute Gasteiger partial charge is 0.126 e. The van der Waals surface area contributed by atoms with Gasteiger partial charge in [0.1, 0.15) is 5.82 Å². The number of nitrogens with zero attached hydrogens (tertiary/aromatic N) is 4. The van der Waals surface area contributed by atoms with Crippen LogP contribution in [0.15, 0.2) is 55.1 Å². The van der Waals surface area contributed by atoms with Crippen LogP contribution in [-0.4, -0.2) is 19.9 Å². The van der Waals surface area contributed by atoms with Gasteiger partial charge in [0.25, 0.3) is 0 Å². The summed E-state index contributed by atoms with van der Waals surface area (Å²) in [6, 6.07) is 9.75. The van der Waals surface area contributed by atoms with Crippen LogP contribution < -0.4 is 0 Å². The molecule has 0 amide bonds. The van der Waals surface area contributed by atoms with Crippen LogP contribution >= 0.6 is 0 Å². The van der Waals surface area contributed by atoms with Crippen LogP contribution in [0.4, 0.5) is 0 Å². The number of aryl methyl sites for hydroxylation is 1. The summed E-state index contributed by atoms with van der Waals surface area (Å²) in [6.45, 7) is 1.90. The molecule has 0 saturated heterocycles. The largest absolute Gasteiger partial charge is 0.265 e. The van der Waals surface area contributed by atoms with Crippen LogP contribution in [0.25, 0.3) is 22.5 Å². The van der Waals surface area contributed by atoms with E-state index in [1.807, 2.05) is 37.3 Å². The lowest BCUT2D eigenvalue weighted by atomic mass is 10.1. The van der Waals surface area contributed by atoms with E-state index in [0.717, 1.165) is 28.3 Å². The molecule has 3 aromatic rings. The SMILES string of the molecule is Cc1nc(-c2ccncc2)cc(-c2ccncc2)n1. The molecule has 3 aromatic heterocycles. The molecule has 4 nitrogen and oxygen atoms in total. The second-order valence-electron chi connectivity index (χ2n) is 4.16. The van der Waals surface area contributed by atoms with Gasteiger partial charge in [0.05, 0.1) is 11.4 Å². The van der Waals surface area contributed by atoms with Crippen LogP contribution in [0.5, 0.6) is 0 Å². The summed E-state index contributed by atoms with van der Waals surface area (Å²) in [7, 11) is 0. The van der Waals surface area contributed by atoms with E-state index in [4.69, 9.17) is 0 Å². The summed E-state index contributed by atoms with van der Waals surface area (Å²) in [4.78, 5) is 17.0. The first kappa shape index (κ1) is 11.5. The molecule has 0 N–H and O–H groups in total. The van der Waals surface area contributed by atoms with Crippen molar-refractivity contribution >= 4 is 0 Å². The second kappa shape index (κ2) is 4.94. The van der Waals surface area contributed by atoms with Gasteiger partial charge in [-0.2, -0.15) is 0 Å². The van der Waals surface area contributed by atoms with Gasteiger partial charge in [-0.3, -0.25) is 9.97 Å². The van der Waals surface area contributed by atoms with E-state index in [9.17, 15) is 0 Å². The van der Waals surface area contributed by atoms with E-state index in [1.54, 1.807) is 24.8 Å².